The van der Waals surface area contributed by atoms with Crippen LogP contribution in [0.1, 0.15) is 12.0 Å². The Kier molecular flexibility index (Phi) is 2.83. The summed E-state index contributed by atoms with van der Waals surface area (Å²) in [7, 11) is 0. The number of alkyl halides is 3. The van der Waals surface area contributed by atoms with E-state index in [0.717, 1.165) is 12.3 Å². The third-order valence-electron chi connectivity index (χ3n) is 2.31. The SMILES string of the molecule is N=C1CCN(c2ccc(C(F)(F)F)cn2)C=N1. The molecule has 0 fully saturated rings. The lowest BCUT2D eigenvalue weighted by Crippen LogP contribution is -2.29. The van der Waals surface area contributed by atoms with Crippen LogP contribution in [0, 0.1) is 5.41 Å². The van der Waals surface area contributed by atoms with Gasteiger partial charge in [0.2, 0.25) is 0 Å². The minimum atomic E-state index is -4.37. The number of halogens is 3. The third-order valence-corrected chi connectivity index (χ3v) is 2.31. The standard InChI is InChI=1S/C10H9F3N4/c11-10(12,13)7-1-2-9(15-5-7)17-4-3-8(14)16-6-17/h1-2,5-6,14H,3-4H2. The maximum absolute atomic E-state index is 12.3. The number of hydrogen-bond acceptors (Lipinski definition) is 3. The zero-order valence-electron chi connectivity index (χ0n) is 8.70. The fourth-order valence-corrected chi connectivity index (χ4v) is 1.39. The van der Waals surface area contributed by atoms with Gasteiger partial charge in [-0.25, -0.2) is 9.98 Å². The zero-order valence-corrected chi connectivity index (χ0v) is 8.70. The van der Waals surface area contributed by atoms with Crippen molar-refractivity contribution in [2.24, 2.45) is 4.99 Å². The van der Waals surface area contributed by atoms with Crippen LogP contribution in [-0.2, 0) is 6.18 Å². The van der Waals surface area contributed by atoms with Crippen molar-refractivity contribution in [3.05, 3.63) is 23.9 Å². The number of aliphatic imine (C=N–C) groups is 1. The Labute approximate surface area is 95.3 Å². The molecule has 0 radical (unpaired) electrons. The summed E-state index contributed by atoms with van der Waals surface area (Å²) in [4.78, 5) is 9.13. The second-order valence-electron chi connectivity index (χ2n) is 3.54. The number of rotatable bonds is 1. The van der Waals surface area contributed by atoms with E-state index in [4.69, 9.17) is 5.41 Å². The molecular formula is C10H9F3N4. The number of pyridine rings is 1. The zero-order chi connectivity index (χ0) is 12.5. The molecule has 1 aromatic rings. The van der Waals surface area contributed by atoms with Crippen LogP contribution >= 0.6 is 0 Å². The van der Waals surface area contributed by atoms with E-state index in [-0.39, 0.29) is 5.84 Å². The average Bonchev–Trinajstić information content (AvgIpc) is 2.29. The van der Waals surface area contributed by atoms with E-state index < -0.39 is 11.7 Å². The number of hydrogen-bond donors (Lipinski definition) is 1. The van der Waals surface area contributed by atoms with Crippen molar-refractivity contribution in [1.82, 2.24) is 4.98 Å². The third kappa shape index (κ3) is 2.61. The number of nitrogens with zero attached hydrogens (tertiary/aromatic N) is 3. The molecule has 0 spiro atoms. The van der Waals surface area contributed by atoms with Gasteiger partial charge in [-0.05, 0) is 12.1 Å². The summed E-state index contributed by atoms with van der Waals surface area (Å²) in [5, 5.41) is 7.26. The summed E-state index contributed by atoms with van der Waals surface area (Å²) >= 11 is 0. The molecule has 4 nitrogen and oxygen atoms in total. The van der Waals surface area contributed by atoms with Gasteiger partial charge in [0.15, 0.2) is 0 Å². The Morgan fingerprint density at radius 2 is 2.06 bits per heavy atom. The lowest BCUT2D eigenvalue weighted by Gasteiger charge is -2.21. The molecule has 2 heterocycles. The van der Waals surface area contributed by atoms with Gasteiger partial charge in [0.1, 0.15) is 11.7 Å². The van der Waals surface area contributed by atoms with Crippen LogP contribution in [0.3, 0.4) is 0 Å². The monoisotopic (exact) mass is 242 g/mol. The first-order valence-corrected chi connectivity index (χ1v) is 4.88. The van der Waals surface area contributed by atoms with Crippen molar-refractivity contribution >= 4 is 18.0 Å². The van der Waals surface area contributed by atoms with E-state index in [1.54, 1.807) is 4.90 Å². The first-order chi connectivity index (χ1) is 7.97. The van der Waals surface area contributed by atoms with Crippen LogP contribution < -0.4 is 4.90 Å². The highest BCUT2D eigenvalue weighted by Crippen LogP contribution is 2.29. The van der Waals surface area contributed by atoms with Gasteiger partial charge < -0.3 is 4.90 Å². The topological polar surface area (TPSA) is 52.3 Å². The Hall–Kier alpha value is -1.92. The Bertz CT molecular complexity index is 450. The van der Waals surface area contributed by atoms with Crippen molar-refractivity contribution in [3.63, 3.8) is 0 Å². The fourth-order valence-electron chi connectivity index (χ4n) is 1.39. The number of amidine groups is 1. The second-order valence-corrected chi connectivity index (χ2v) is 3.54. The number of aromatic nitrogens is 1. The quantitative estimate of drug-likeness (QED) is 0.821. The molecule has 1 N–H and O–H groups in total. The highest BCUT2D eigenvalue weighted by Gasteiger charge is 2.30. The molecule has 1 aromatic heterocycles. The maximum Gasteiger partial charge on any atom is 0.417 e. The predicted molar refractivity (Wildman–Crippen MR) is 57.4 cm³/mol. The van der Waals surface area contributed by atoms with Crippen molar-refractivity contribution in [2.75, 3.05) is 11.4 Å². The van der Waals surface area contributed by atoms with Crippen LogP contribution in [-0.4, -0.2) is 23.7 Å². The minimum absolute atomic E-state index is 0.258. The molecule has 17 heavy (non-hydrogen) atoms. The van der Waals surface area contributed by atoms with E-state index in [9.17, 15) is 13.2 Å². The molecule has 1 aliphatic rings. The molecule has 0 unspecified atom stereocenters. The normalized spacial score (nSPS) is 16.4. The smallest absolute Gasteiger partial charge is 0.317 e. The van der Waals surface area contributed by atoms with Crippen LogP contribution in [0.25, 0.3) is 0 Å². The van der Waals surface area contributed by atoms with E-state index in [2.05, 4.69) is 9.98 Å². The van der Waals surface area contributed by atoms with E-state index in [0.29, 0.717) is 18.8 Å². The van der Waals surface area contributed by atoms with Crippen LogP contribution in [0.2, 0.25) is 0 Å². The van der Waals surface area contributed by atoms with Gasteiger partial charge in [-0.3, -0.25) is 5.41 Å². The molecule has 0 atom stereocenters. The molecule has 0 aromatic carbocycles. The summed E-state index contributed by atoms with van der Waals surface area (Å²) in [5.74, 6) is 0.655. The van der Waals surface area contributed by atoms with Gasteiger partial charge in [-0.15, -0.1) is 0 Å². The minimum Gasteiger partial charge on any atom is -0.317 e. The summed E-state index contributed by atoms with van der Waals surface area (Å²) in [6, 6.07) is 2.28. The molecule has 90 valence electrons. The van der Waals surface area contributed by atoms with Crippen molar-refractivity contribution < 1.29 is 13.2 Å². The first-order valence-electron chi connectivity index (χ1n) is 4.88. The van der Waals surface area contributed by atoms with Gasteiger partial charge in [0.05, 0.1) is 11.9 Å². The van der Waals surface area contributed by atoms with Crippen LogP contribution in [0.4, 0.5) is 19.0 Å². The van der Waals surface area contributed by atoms with Crippen LogP contribution in [0.5, 0.6) is 0 Å². The molecule has 1 aliphatic heterocycles. The predicted octanol–water partition coefficient (Wildman–Crippen LogP) is 2.32. The molecule has 0 aliphatic carbocycles. The first kappa shape index (κ1) is 11.6. The fraction of sp³-hybridized carbons (Fsp3) is 0.300. The van der Waals surface area contributed by atoms with Crippen molar-refractivity contribution in [1.29, 1.82) is 5.41 Å². The average molecular weight is 242 g/mol. The molecule has 0 amide bonds. The maximum atomic E-state index is 12.3. The van der Waals surface area contributed by atoms with Gasteiger partial charge in [0, 0.05) is 19.2 Å². The van der Waals surface area contributed by atoms with Gasteiger partial charge in [-0.1, -0.05) is 0 Å². The highest BCUT2D eigenvalue weighted by molar-refractivity contribution is 5.95. The van der Waals surface area contributed by atoms with Crippen molar-refractivity contribution in [3.8, 4) is 0 Å². The lowest BCUT2D eigenvalue weighted by atomic mass is 10.2. The largest absolute Gasteiger partial charge is 0.417 e. The second kappa shape index (κ2) is 4.15. The molecule has 0 saturated carbocycles. The molecule has 0 bridgehead atoms. The molecule has 2 rings (SSSR count). The summed E-state index contributed by atoms with van der Waals surface area (Å²) < 4.78 is 36.9. The van der Waals surface area contributed by atoms with E-state index in [1.165, 1.54) is 12.4 Å². The molecular weight excluding hydrogens is 233 g/mol. The molecule has 0 saturated heterocycles. The van der Waals surface area contributed by atoms with Gasteiger partial charge in [0.25, 0.3) is 0 Å². The van der Waals surface area contributed by atoms with Crippen LogP contribution in [0.15, 0.2) is 23.3 Å². The lowest BCUT2D eigenvalue weighted by molar-refractivity contribution is -0.137. The molecule has 7 heteroatoms. The Morgan fingerprint density at radius 3 is 2.53 bits per heavy atom. The Morgan fingerprint density at radius 1 is 1.29 bits per heavy atom. The van der Waals surface area contributed by atoms with Gasteiger partial charge >= 0.3 is 6.18 Å². The summed E-state index contributed by atoms with van der Waals surface area (Å²) in [5.41, 5.74) is -0.775. The van der Waals surface area contributed by atoms with E-state index >= 15 is 0 Å². The van der Waals surface area contributed by atoms with Crippen molar-refractivity contribution in [2.45, 2.75) is 12.6 Å². The number of anilines is 1. The van der Waals surface area contributed by atoms with E-state index in [1.807, 2.05) is 0 Å². The summed E-state index contributed by atoms with van der Waals surface area (Å²) in [6.07, 6.45) is -1.71. The number of nitrogens with one attached hydrogen (secondary N) is 1. The Balaban J connectivity index is 2.19. The van der Waals surface area contributed by atoms with Gasteiger partial charge in [-0.2, -0.15) is 13.2 Å². The highest BCUT2D eigenvalue weighted by atomic mass is 19.4. The summed E-state index contributed by atoms with van der Waals surface area (Å²) in [6.45, 7) is 0.501.